The predicted octanol–water partition coefficient (Wildman–Crippen LogP) is 1.04. The fraction of sp³-hybridized carbons (Fsp3) is 0.200. The van der Waals surface area contributed by atoms with Crippen LogP contribution in [0.5, 0.6) is 0 Å². The van der Waals surface area contributed by atoms with Crippen LogP contribution >= 0.6 is 0 Å². The number of esters is 1. The Hall–Kier alpha value is -3.72. The van der Waals surface area contributed by atoms with Gasteiger partial charge < -0.3 is 25.8 Å². The van der Waals surface area contributed by atoms with E-state index < -0.39 is 30.0 Å². The maximum atomic E-state index is 12.3. The fourth-order valence-corrected chi connectivity index (χ4v) is 2.82. The number of carboxylic acid groups (broad SMARTS) is 1. The first-order valence-electron chi connectivity index (χ1n) is 8.85. The molecular weight excluding hydrogens is 378 g/mol. The summed E-state index contributed by atoms with van der Waals surface area (Å²) < 4.78 is 4.59. The topological polar surface area (TPSA) is 134 Å². The SMILES string of the molecule is O=C(N[C@@H](CNC(=O)c1ccc2c(c1)CNC2)C(=O)O)OC(=O)c1ccccc1. The van der Waals surface area contributed by atoms with Crippen molar-refractivity contribution in [1.29, 1.82) is 0 Å². The standard InChI is InChI=1S/C20H19N3O6/c24-17(13-6-7-14-9-21-10-15(14)8-13)22-11-16(18(25)26)23-20(28)29-19(27)12-4-2-1-3-5-12/h1-8,16,21H,9-11H2,(H,22,24)(H,23,28)(H,25,26)/t16-/m0/s1. The number of benzene rings is 2. The highest BCUT2D eigenvalue weighted by molar-refractivity contribution is 5.97. The van der Waals surface area contributed by atoms with Crippen molar-refractivity contribution in [2.75, 3.05) is 6.54 Å². The van der Waals surface area contributed by atoms with E-state index >= 15 is 0 Å². The van der Waals surface area contributed by atoms with E-state index in [1.807, 2.05) is 6.07 Å². The molecule has 1 heterocycles. The van der Waals surface area contributed by atoms with Crippen LogP contribution in [0.15, 0.2) is 48.5 Å². The van der Waals surface area contributed by atoms with E-state index in [2.05, 4.69) is 20.7 Å². The van der Waals surface area contributed by atoms with Gasteiger partial charge in [0.25, 0.3) is 5.91 Å². The molecule has 0 unspecified atom stereocenters. The summed E-state index contributed by atoms with van der Waals surface area (Å²) in [6.07, 6.45) is -1.22. The average Bonchev–Trinajstić information content (AvgIpc) is 3.19. The summed E-state index contributed by atoms with van der Waals surface area (Å²) >= 11 is 0. The zero-order valence-corrected chi connectivity index (χ0v) is 15.3. The molecule has 1 atom stereocenters. The average molecular weight is 397 g/mol. The maximum Gasteiger partial charge on any atom is 0.415 e. The number of carbonyl (C=O) groups is 4. The normalized spacial score (nSPS) is 13.1. The molecule has 2 aromatic carbocycles. The molecule has 1 aliphatic rings. The molecule has 0 saturated carbocycles. The van der Waals surface area contributed by atoms with Gasteiger partial charge in [0.2, 0.25) is 0 Å². The van der Waals surface area contributed by atoms with Crippen LogP contribution in [0.25, 0.3) is 0 Å². The molecule has 0 radical (unpaired) electrons. The first kappa shape index (κ1) is 20.0. The number of fused-ring (bicyclic) bond motifs is 1. The first-order valence-corrected chi connectivity index (χ1v) is 8.85. The molecule has 0 aromatic heterocycles. The van der Waals surface area contributed by atoms with Gasteiger partial charge in [0, 0.05) is 25.2 Å². The van der Waals surface area contributed by atoms with Crippen LogP contribution in [0, 0.1) is 0 Å². The third-order valence-electron chi connectivity index (χ3n) is 4.35. The third kappa shape index (κ3) is 5.17. The van der Waals surface area contributed by atoms with Crippen LogP contribution in [0.2, 0.25) is 0 Å². The van der Waals surface area contributed by atoms with E-state index in [-0.39, 0.29) is 12.1 Å². The Balaban J connectivity index is 1.54. The van der Waals surface area contributed by atoms with Crippen LogP contribution < -0.4 is 16.0 Å². The van der Waals surface area contributed by atoms with Crippen molar-refractivity contribution in [1.82, 2.24) is 16.0 Å². The highest BCUT2D eigenvalue weighted by Crippen LogP contribution is 2.16. The molecule has 150 valence electrons. The number of amides is 2. The molecular formula is C20H19N3O6. The number of carboxylic acids is 1. The van der Waals surface area contributed by atoms with Crippen LogP contribution in [-0.4, -0.2) is 41.6 Å². The monoisotopic (exact) mass is 397 g/mol. The van der Waals surface area contributed by atoms with Crippen molar-refractivity contribution in [2.45, 2.75) is 19.1 Å². The molecule has 0 bridgehead atoms. The lowest BCUT2D eigenvalue weighted by atomic mass is 10.1. The van der Waals surface area contributed by atoms with Crippen LogP contribution in [0.4, 0.5) is 4.79 Å². The second-order valence-corrected chi connectivity index (χ2v) is 6.38. The van der Waals surface area contributed by atoms with Crippen molar-refractivity contribution in [3.8, 4) is 0 Å². The minimum atomic E-state index is -1.47. The molecule has 29 heavy (non-hydrogen) atoms. The zero-order chi connectivity index (χ0) is 20.8. The summed E-state index contributed by atoms with van der Waals surface area (Å²) in [5.41, 5.74) is 2.65. The molecule has 2 amide bonds. The Labute approximate surface area is 166 Å². The summed E-state index contributed by atoms with van der Waals surface area (Å²) in [4.78, 5) is 47.4. The number of ether oxygens (including phenoxy) is 1. The highest BCUT2D eigenvalue weighted by Gasteiger charge is 2.24. The smallest absolute Gasteiger partial charge is 0.415 e. The van der Waals surface area contributed by atoms with E-state index in [0.29, 0.717) is 12.1 Å². The van der Waals surface area contributed by atoms with Crippen LogP contribution in [0.1, 0.15) is 31.8 Å². The number of hydrogen-bond donors (Lipinski definition) is 4. The number of carbonyl (C=O) groups excluding carboxylic acids is 3. The third-order valence-corrected chi connectivity index (χ3v) is 4.35. The van der Waals surface area contributed by atoms with Crippen LogP contribution in [0.3, 0.4) is 0 Å². The van der Waals surface area contributed by atoms with Crippen molar-refractivity contribution in [3.63, 3.8) is 0 Å². The van der Waals surface area contributed by atoms with Gasteiger partial charge in [0.15, 0.2) is 0 Å². The summed E-state index contributed by atoms with van der Waals surface area (Å²) in [5.74, 6) is -2.77. The molecule has 9 nitrogen and oxygen atoms in total. The number of nitrogens with one attached hydrogen (secondary N) is 3. The van der Waals surface area contributed by atoms with Crippen molar-refractivity contribution >= 4 is 23.9 Å². The second-order valence-electron chi connectivity index (χ2n) is 6.38. The molecule has 1 aliphatic heterocycles. The van der Waals surface area contributed by atoms with Crippen molar-refractivity contribution < 1.29 is 29.0 Å². The maximum absolute atomic E-state index is 12.3. The molecule has 0 aliphatic carbocycles. The Kier molecular flexibility index (Phi) is 6.20. The van der Waals surface area contributed by atoms with Crippen LogP contribution in [-0.2, 0) is 22.6 Å². The second kappa shape index (κ2) is 8.98. The van der Waals surface area contributed by atoms with E-state index in [0.717, 1.165) is 17.7 Å². The zero-order valence-electron chi connectivity index (χ0n) is 15.3. The Morgan fingerprint density at radius 3 is 2.45 bits per heavy atom. The summed E-state index contributed by atoms with van der Waals surface area (Å²) in [5, 5.41) is 17.0. The summed E-state index contributed by atoms with van der Waals surface area (Å²) in [6, 6.07) is 11.6. The van der Waals surface area contributed by atoms with E-state index in [4.69, 9.17) is 0 Å². The number of alkyl carbamates (subject to hydrolysis) is 1. The number of aliphatic carboxylic acids is 1. The molecule has 0 saturated heterocycles. The number of rotatable bonds is 6. The molecule has 2 aromatic rings. The quantitative estimate of drug-likeness (QED) is 0.423. The lowest BCUT2D eigenvalue weighted by Gasteiger charge is -2.15. The number of hydrogen-bond acceptors (Lipinski definition) is 6. The van der Waals surface area contributed by atoms with Gasteiger partial charge in [0.05, 0.1) is 5.56 Å². The Morgan fingerprint density at radius 2 is 1.72 bits per heavy atom. The molecule has 3 rings (SSSR count). The molecule has 4 N–H and O–H groups in total. The Bertz CT molecular complexity index is 944. The van der Waals surface area contributed by atoms with Gasteiger partial charge in [-0.3, -0.25) is 4.79 Å². The molecule has 9 heteroatoms. The van der Waals surface area contributed by atoms with Gasteiger partial charge in [-0.15, -0.1) is 0 Å². The van der Waals surface area contributed by atoms with Gasteiger partial charge in [-0.2, -0.15) is 0 Å². The van der Waals surface area contributed by atoms with E-state index in [1.54, 1.807) is 30.3 Å². The molecule has 0 fully saturated rings. The van der Waals surface area contributed by atoms with Gasteiger partial charge in [-0.05, 0) is 35.4 Å². The summed E-state index contributed by atoms with van der Waals surface area (Å²) in [7, 11) is 0. The van der Waals surface area contributed by atoms with Crippen molar-refractivity contribution in [3.05, 3.63) is 70.8 Å². The fourth-order valence-electron chi connectivity index (χ4n) is 2.82. The highest BCUT2D eigenvalue weighted by atomic mass is 16.6. The van der Waals surface area contributed by atoms with Gasteiger partial charge in [-0.25, -0.2) is 14.4 Å². The van der Waals surface area contributed by atoms with Gasteiger partial charge in [0.1, 0.15) is 6.04 Å². The largest absolute Gasteiger partial charge is 0.480 e. The minimum Gasteiger partial charge on any atom is -0.480 e. The summed E-state index contributed by atoms with van der Waals surface area (Å²) in [6.45, 7) is 1.03. The van der Waals surface area contributed by atoms with E-state index in [1.165, 1.54) is 12.1 Å². The van der Waals surface area contributed by atoms with Gasteiger partial charge in [-0.1, -0.05) is 24.3 Å². The van der Waals surface area contributed by atoms with Gasteiger partial charge >= 0.3 is 18.0 Å². The molecule has 0 spiro atoms. The minimum absolute atomic E-state index is 0.147. The lowest BCUT2D eigenvalue weighted by molar-refractivity contribution is -0.139. The first-order chi connectivity index (χ1) is 13.9. The van der Waals surface area contributed by atoms with Crippen molar-refractivity contribution in [2.24, 2.45) is 0 Å². The van der Waals surface area contributed by atoms with E-state index in [9.17, 15) is 24.3 Å². The lowest BCUT2D eigenvalue weighted by Crippen LogP contribution is -2.48. The predicted molar refractivity (Wildman–Crippen MR) is 101 cm³/mol. The Morgan fingerprint density at radius 1 is 1.00 bits per heavy atom.